The van der Waals surface area contributed by atoms with Gasteiger partial charge in [-0.15, -0.1) is 0 Å². The third kappa shape index (κ3) is 1.34. The SMILES string of the molecule is Fc1c(F)c(F)[c]([Hg])c(F)c1F. The van der Waals surface area contributed by atoms with Crippen LogP contribution in [0.5, 0.6) is 0 Å². The Kier molecular flexibility index (Phi) is 2.70. The molecule has 0 saturated carbocycles. The Balaban J connectivity index is 3.60. The first kappa shape index (κ1) is 9.89. The van der Waals surface area contributed by atoms with Gasteiger partial charge in [0.2, 0.25) is 0 Å². The van der Waals surface area contributed by atoms with E-state index in [0.717, 1.165) is 0 Å². The van der Waals surface area contributed by atoms with E-state index in [-0.39, 0.29) is 0 Å². The van der Waals surface area contributed by atoms with Crippen LogP contribution < -0.4 is 3.07 Å². The maximum absolute atomic E-state index is 12.5. The van der Waals surface area contributed by atoms with Gasteiger partial charge in [0.05, 0.1) is 0 Å². The van der Waals surface area contributed by atoms with E-state index in [2.05, 4.69) is 0 Å². The van der Waals surface area contributed by atoms with Crippen LogP contribution in [-0.2, 0) is 26.1 Å². The van der Waals surface area contributed by atoms with E-state index in [1.165, 1.54) is 0 Å². The van der Waals surface area contributed by atoms with Crippen molar-refractivity contribution < 1.29 is 48.1 Å². The Bertz CT molecular complexity index is 230. The van der Waals surface area contributed by atoms with Gasteiger partial charge in [0.1, 0.15) is 0 Å². The van der Waals surface area contributed by atoms with Gasteiger partial charge in [-0.3, -0.25) is 0 Å². The van der Waals surface area contributed by atoms with Crippen LogP contribution in [0.2, 0.25) is 0 Å². The molecule has 1 rings (SSSR count). The third-order valence-corrected chi connectivity index (χ3v) is 3.71. The molecule has 0 fully saturated rings. The Morgan fingerprint density at radius 3 is 1.17 bits per heavy atom. The fourth-order valence-electron chi connectivity index (χ4n) is 0.650. The van der Waals surface area contributed by atoms with E-state index in [1.54, 1.807) is 0 Å². The second-order valence-electron chi connectivity index (χ2n) is 2.05. The van der Waals surface area contributed by atoms with Gasteiger partial charge in [0.15, 0.2) is 0 Å². The summed E-state index contributed by atoms with van der Waals surface area (Å²) in [6, 6.07) is 0. The van der Waals surface area contributed by atoms with Crippen LogP contribution in [0, 0.1) is 29.1 Å². The molecule has 6 heteroatoms. The zero-order chi connectivity index (χ0) is 9.46. The third-order valence-electron chi connectivity index (χ3n) is 1.30. The van der Waals surface area contributed by atoms with Crippen LogP contribution in [-0.4, -0.2) is 0 Å². The van der Waals surface area contributed by atoms with Crippen molar-refractivity contribution in [2.24, 2.45) is 0 Å². The number of hydrogen-bond acceptors (Lipinski definition) is 0. The molecule has 0 nitrogen and oxygen atoms in total. The molecule has 12 heavy (non-hydrogen) atoms. The van der Waals surface area contributed by atoms with Gasteiger partial charge >= 0.3 is 80.2 Å². The molecule has 0 unspecified atom stereocenters. The standard InChI is InChI=1S/C6F5.Hg/c7-2-1-3(8)5(10)6(11)4(2)9;. The number of rotatable bonds is 0. The van der Waals surface area contributed by atoms with Gasteiger partial charge in [-0.1, -0.05) is 0 Å². The van der Waals surface area contributed by atoms with Gasteiger partial charge in [-0.2, -0.15) is 0 Å². The van der Waals surface area contributed by atoms with Crippen LogP contribution in [0.25, 0.3) is 0 Å². The molecule has 0 N–H and O–H groups in total. The van der Waals surface area contributed by atoms with E-state index in [1.807, 2.05) is 0 Å². The van der Waals surface area contributed by atoms with Crippen molar-refractivity contribution in [3.63, 3.8) is 0 Å². The quantitative estimate of drug-likeness (QED) is 0.282. The zero-order valence-corrected chi connectivity index (χ0v) is 11.1. The average molecular weight is 368 g/mol. The molecule has 0 aliphatic rings. The predicted octanol–water partition coefficient (Wildman–Crippen LogP) is 1.55. The topological polar surface area (TPSA) is 0 Å². The molecule has 0 bridgehead atoms. The number of halogens is 5. The second-order valence-corrected chi connectivity index (χ2v) is 4.80. The van der Waals surface area contributed by atoms with Crippen LogP contribution in [0.15, 0.2) is 0 Å². The Morgan fingerprint density at radius 2 is 0.833 bits per heavy atom. The van der Waals surface area contributed by atoms with Crippen LogP contribution >= 0.6 is 0 Å². The van der Waals surface area contributed by atoms with E-state index in [4.69, 9.17) is 0 Å². The van der Waals surface area contributed by atoms with Crippen molar-refractivity contribution in [2.75, 3.05) is 0 Å². The van der Waals surface area contributed by atoms with Crippen LogP contribution in [0.4, 0.5) is 22.0 Å². The molecule has 0 amide bonds. The molecule has 0 aliphatic heterocycles. The summed E-state index contributed by atoms with van der Waals surface area (Å²) in [5, 5.41) is 0. The number of hydrogen-bond donors (Lipinski definition) is 0. The summed E-state index contributed by atoms with van der Waals surface area (Å²) in [5.74, 6) is -9.22. The summed E-state index contributed by atoms with van der Waals surface area (Å²) in [7, 11) is 0. The number of benzene rings is 1. The Labute approximate surface area is 80.3 Å². The molecule has 61 valence electrons. The fraction of sp³-hybridized carbons (Fsp3) is 0. The van der Waals surface area contributed by atoms with Crippen molar-refractivity contribution in [3.8, 4) is 0 Å². The first-order valence-corrected chi connectivity index (χ1v) is 5.55. The first-order chi connectivity index (χ1) is 5.46. The molecule has 0 spiro atoms. The van der Waals surface area contributed by atoms with Crippen LogP contribution in [0.3, 0.4) is 0 Å². The Morgan fingerprint density at radius 1 is 0.583 bits per heavy atom. The molecule has 1 aromatic carbocycles. The molecule has 0 heterocycles. The fourth-order valence-corrected chi connectivity index (χ4v) is 1.86. The van der Waals surface area contributed by atoms with Crippen molar-refractivity contribution in [3.05, 3.63) is 29.1 Å². The van der Waals surface area contributed by atoms with Gasteiger partial charge in [0, 0.05) is 0 Å². The maximum atomic E-state index is 12.5. The van der Waals surface area contributed by atoms with Gasteiger partial charge in [-0.25, -0.2) is 0 Å². The predicted molar refractivity (Wildman–Crippen MR) is 25.9 cm³/mol. The van der Waals surface area contributed by atoms with Crippen molar-refractivity contribution in [1.82, 2.24) is 0 Å². The van der Waals surface area contributed by atoms with E-state index < -0.39 is 58.3 Å². The monoisotopic (exact) mass is 369 g/mol. The minimum absolute atomic E-state index is 0.639. The molecule has 1 aromatic rings. The van der Waals surface area contributed by atoms with Gasteiger partial charge in [-0.05, 0) is 0 Å². The summed E-state index contributed by atoms with van der Waals surface area (Å²) in [6.45, 7) is 0. The summed E-state index contributed by atoms with van der Waals surface area (Å²) in [5.41, 5.74) is 0. The average Bonchev–Trinajstić information content (AvgIpc) is 2.08. The van der Waals surface area contributed by atoms with Crippen molar-refractivity contribution in [1.29, 1.82) is 0 Å². The Hall–Kier alpha value is -0.195. The summed E-state index contributed by atoms with van der Waals surface area (Å²) in [4.78, 5) is 0. The molecular weight excluding hydrogens is 368 g/mol. The molecule has 0 atom stereocenters. The summed E-state index contributed by atoms with van der Waals surface area (Å²) >= 11 is -0.639. The minimum atomic E-state index is -2.10. The first-order valence-electron chi connectivity index (χ1n) is 2.80. The normalized spacial score (nSPS) is 10.6. The van der Waals surface area contributed by atoms with Gasteiger partial charge in [0.25, 0.3) is 0 Å². The molecule has 0 saturated heterocycles. The van der Waals surface area contributed by atoms with Crippen LogP contribution in [0.1, 0.15) is 0 Å². The molecule has 0 aromatic heterocycles. The van der Waals surface area contributed by atoms with E-state index in [0.29, 0.717) is 0 Å². The van der Waals surface area contributed by atoms with E-state index in [9.17, 15) is 22.0 Å². The van der Waals surface area contributed by atoms with Gasteiger partial charge < -0.3 is 0 Å². The second kappa shape index (κ2) is 3.28. The zero-order valence-electron chi connectivity index (χ0n) is 5.60. The molecule has 0 aliphatic carbocycles. The molecule has 0 radical (unpaired) electrons. The molecular formula is C6F5Hg. The van der Waals surface area contributed by atoms with Crippen molar-refractivity contribution >= 4 is 3.07 Å². The summed E-state index contributed by atoms with van der Waals surface area (Å²) < 4.78 is 61.1. The van der Waals surface area contributed by atoms with Crippen molar-refractivity contribution in [2.45, 2.75) is 0 Å². The van der Waals surface area contributed by atoms with E-state index >= 15 is 0 Å². The summed E-state index contributed by atoms with van der Waals surface area (Å²) in [6.07, 6.45) is 0.